The molecule has 0 heterocycles. The second kappa shape index (κ2) is 20.3. The number of carboxylic acid groups (broad SMARTS) is 1. The number of aliphatic imine (C=N–C) groups is 2. The molecule has 0 aromatic heterocycles. The van der Waals surface area contributed by atoms with Crippen molar-refractivity contribution in [1.82, 2.24) is 16.0 Å². The second-order valence-corrected chi connectivity index (χ2v) is 9.62. The molecule has 0 aliphatic carbocycles. The zero-order valence-corrected chi connectivity index (χ0v) is 23.6. The van der Waals surface area contributed by atoms with E-state index in [1.807, 2.05) is 6.92 Å². The standard InChI is InChI=1S/C24H49N11O5/c1-3-14(2)18(35-19(36)15(26)8-6-12-31-23(27)28)21(38)33-16(10-7-13-32-24(29)30)20(37)34-17(22(39)40)9-4-5-11-25/h14-18H,3-13,25-26H2,1-2H3,(H,33,38)(H,34,37)(H,35,36)(H,39,40)(H4,27,28,31)(H4,29,30,32). The van der Waals surface area contributed by atoms with Crippen LogP contribution >= 0.6 is 0 Å². The fraction of sp³-hybridized carbons (Fsp3) is 0.750. The first-order valence-electron chi connectivity index (χ1n) is 13.5. The zero-order valence-electron chi connectivity index (χ0n) is 23.6. The number of unbranched alkanes of at least 4 members (excludes halogenated alkanes) is 1. The van der Waals surface area contributed by atoms with E-state index in [0.29, 0.717) is 45.2 Å². The van der Waals surface area contributed by atoms with E-state index in [4.69, 9.17) is 34.4 Å². The molecule has 3 amide bonds. The number of aliphatic carboxylic acids is 1. The number of carbonyl (C=O) groups excluding carboxylic acids is 3. The maximum Gasteiger partial charge on any atom is 0.326 e. The molecule has 0 bridgehead atoms. The lowest BCUT2D eigenvalue weighted by atomic mass is 9.96. The highest BCUT2D eigenvalue weighted by atomic mass is 16.4. The Bertz CT molecular complexity index is 860. The predicted octanol–water partition coefficient (Wildman–Crippen LogP) is -2.87. The van der Waals surface area contributed by atoms with Gasteiger partial charge in [0.05, 0.1) is 6.04 Å². The molecular formula is C24H49N11O5. The van der Waals surface area contributed by atoms with E-state index in [2.05, 4.69) is 25.9 Å². The molecule has 0 fully saturated rings. The van der Waals surface area contributed by atoms with Crippen molar-refractivity contribution in [3.05, 3.63) is 0 Å². The molecule has 5 unspecified atom stereocenters. The first-order chi connectivity index (χ1) is 18.8. The molecule has 0 aromatic carbocycles. The van der Waals surface area contributed by atoms with Gasteiger partial charge >= 0.3 is 5.97 Å². The summed E-state index contributed by atoms with van der Waals surface area (Å²) < 4.78 is 0. The lowest BCUT2D eigenvalue weighted by Crippen LogP contribution is -2.58. The fourth-order valence-corrected chi connectivity index (χ4v) is 3.67. The number of guanidine groups is 2. The third-order valence-corrected chi connectivity index (χ3v) is 6.24. The molecule has 0 rings (SSSR count). The van der Waals surface area contributed by atoms with Crippen molar-refractivity contribution in [2.24, 2.45) is 50.3 Å². The Kier molecular flexibility index (Phi) is 18.4. The van der Waals surface area contributed by atoms with Crippen LogP contribution in [0, 0.1) is 5.92 Å². The summed E-state index contributed by atoms with van der Waals surface area (Å²) in [6, 6.07) is -4.15. The van der Waals surface area contributed by atoms with Gasteiger partial charge in [-0.1, -0.05) is 20.3 Å². The van der Waals surface area contributed by atoms with Crippen molar-refractivity contribution in [3.63, 3.8) is 0 Å². The molecule has 0 saturated carbocycles. The Labute approximate surface area is 235 Å². The number of carboxylic acids is 1. The molecule has 0 radical (unpaired) electrons. The third kappa shape index (κ3) is 15.7. The number of hydrogen-bond acceptors (Lipinski definition) is 8. The summed E-state index contributed by atoms with van der Waals surface area (Å²) in [5.41, 5.74) is 32.8. The molecular weight excluding hydrogens is 522 g/mol. The van der Waals surface area contributed by atoms with E-state index in [-0.39, 0.29) is 43.6 Å². The molecule has 0 aliphatic heterocycles. The Morgan fingerprint density at radius 3 is 1.77 bits per heavy atom. The number of rotatable bonds is 21. The van der Waals surface area contributed by atoms with Gasteiger partial charge in [-0.05, 0) is 57.4 Å². The Morgan fingerprint density at radius 1 is 0.750 bits per heavy atom. The van der Waals surface area contributed by atoms with Crippen LogP contribution in [0.25, 0.3) is 0 Å². The molecule has 40 heavy (non-hydrogen) atoms. The Hall–Kier alpha value is -3.66. The summed E-state index contributed by atoms with van der Waals surface area (Å²) >= 11 is 0. The number of nitrogens with zero attached hydrogens (tertiary/aromatic N) is 2. The SMILES string of the molecule is CCC(C)C(NC(=O)C(N)CCCN=C(N)N)C(=O)NC(CCCN=C(N)N)C(=O)NC(CCCCN)C(=O)O. The third-order valence-electron chi connectivity index (χ3n) is 6.24. The van der Waals surface area contributed by atoms with Crippen LogP contribution in [0.4, 0.5) is 0 Å². The molecule has 0 saturated heterocycles. The number of carbonyl (C=O) groups is 4. The summed E-state index contributed by atoms with van der Waals surface area (Å²) in [7, 11) is 0. The number of nitrogens with two attached hydrogens (primary N) is 6. The Balaban J connectivity index is 5.59. The van der Waals surface area contributed by atoms with E-state index in [1.54, 1.807) is 6.92 Å². The topological polar surface area (TPSA) is 305 Å². The number of amides is 3. The minimum Gasteiger partial charge on any atom is -0.480 e. The predicted molar refractivity (Wildman–Crippen MR) is 154 cm³/mol. The average molecular weight is 572 g/mol. The van der Waals surface area contributed by atoms with Crippen LogP contribution in [0.5, 0.6) is 0 Å². The number of nitrogens with one attached hydrogen (secondary N) is 3. The van der Waals surface area contributed by atoms with Gasteiger partial charge in [0.15, 0.2) is 11.9 Å². The van der Waals surface area contributed by atoms with E-state index in [1.165, 1.54) is 0 Å². The van der Waals surface area contributed by atoms with E-state index in [9.17, 15) is 24.3 Å². The van der Waals surface area contributed by atoms with Crippen LogP contribution in [0.15, 0.2) is 9.98 Å². The Morgan fingerprint density at radius 2 is 1.27 bits per heavy atom. The van der Waals surface area contributed by atoms with Gasteiger partial charge in [-0.25, -0.2) is 4.79 Å². The molecule has 0 aromatic rings. The molecule has 0 spiro atoms. The van der Waals surface area contributed by atoms with Gasteiger partial charge in [0.2, 0.25) is 17.7 Å². The smallest absolute Gasteiger partial charge is 0.326 e. The highest BCUT2D eigenvalue weighted by Crippen LogP contribution is 2.11. The van der Waals surface area contributed by atoms with Crippen LogP contribution in [0.1, 0.15) is 65.2 Å². The molecule has 16 N–H and O–H groups in total. The molecule has 16 nitrogen and oxygen atoms in total. The van der Waals surface area contributed by atoms with Gasteiger partial charge in [-0.3, -0.25) is 24.4 Å². The second-order valence-electron chi connectivity index (χ2n) is 9.62. The summed E-state index contributed by atoms with van der Waals surface area (Å²) in [4.78, 5) is 58.6. The van der Waals surface area contributed by atoms with Crippen molar-refractivity contribution in [2.45, 2.75) is 89.4 Å². The van der Waals surface area contributed by atoms with E-state index >= 15 is 0 Å². The van der Waals surface area contributed by atoms with Gasteiger partial charge in [0.25, 0.3) is 0 Å². The maximum atomic E-state index is 13.3. The summed E-state index contributed by atoms with van der Waals surface area (Å²) in [6.07, 6.45) is 3.02. The van der Waals surface area contributed by atoms with Gasteiger partial charge in [0, 0.05) is 13.1 Å². The van der Waals surface area contributed by atoms with Crippen LogP contribution in [0.3, 0.4) is 0 Å². The van der Waals surface area contributed by atoms with Gasteiger partial charge in [-0.2, -0.15) is 0 Å². The molecule has 16 heteroatoms. The first kappa shape index (κ1) is 36.3. The zero-order chi connectivity index (χ0) is 30.7. The summed E-state index contributed by atoms with van der Waals surface area (Å²) in [6.45, 7) is 4.53. The highest BCUT2D eigenvalue weighted by molar-refractivity contribution is 5.94. The van der Waals surface area contributed by atoms with Crippen LogP contribution in [-0.4, -0.2) is 84.5 Å². The maximum absolute atomic E-state index is 13.3. The van der Waals surface area contributed by atoms with Gasteiger partial charge < -0.3 is 55.5 Å². The van der Waals surface area contributed by atoms with Crippen LogP contribution < -0.4 is 50.4 Å². The quantitative estimate of drug-likeness (QED) is 0.0379. The first-order valence-corrected chi connectivity index (χ1v) is 13.5. The molecule has 5 atom stereocenters. The van der Waals surface area contributed by atoms with Gasteiger partial charge in [-0.15, -0.1) is 0 Å². The fourth-order valence-electron chi connectivity index (χ4n) is 3.67. The minimum absolute atomic E-state index is 0.0614. The summed E-state index contributed by atoms with van der Waals surface area (Å²) in [5, 5.41) is 17.4. The largest absolute Gasteiger partial charge is 0.480 e. The van der Waals surface area contributed by atoms with E-state index in [0.717, 1.165) is 0 Å². The normalized spacial score (nSPS) is 14.5. The monoisotopic (exact) mass is 571 g/mol. The molecule has 230 valence electrons. The van der Waals surface area contributed by atoms with Gasteiger partial charge in [0.1, 0.15) is 18.1 Å². The van der Waals surface area contributed by atoms with E-state index < -0.39 is 47.9 Å². The lowest BCUT2D eigenvalue weighted by Gasteiger charge is -2.28. The van der Waals surface area contributed by atoms with Crippen molar-refractivity contribution >= 4 is 35.6 Å². The average Bonchev–Trinajstić information content (AvgIpc) is 2.89. The minimum atomic E-state index is -1.20. The van der Waals surface area contributed by atoms with Crippen molar-refractivity contribution in [1.29, 1.82) is 0 Å². The number of hydrogen-bond donors (Lipinski definition) is 10. The van der Waals surface area contributed by atoms with Crippen molar-refractivity contribution in [3.8, 4) is 0 Å². The highest BCUT2D eigenvalue weighted by Gasteiger charge is 2.32. The molecule has 0 aliphatic rings. The van der Waals surface area contributed by atoms with Crippen molar-refractivity contribution < 1.29 is 24.3 Å². The summed E-state index contributed by atoms with van der Waals surface area (Å²) in [5.74, 6) is -3.50. The lowest BCUT2D eigenvalue weighted by molar-refractivity contribution is -0.142. The van der Waals surface area contributed by atoms with Crippen molar-refractivity contribution in [2.75, 3.05) is 19.6 Å². The van der Waals surface area contributed by atoms with Crippen LogP contribution in [-0.2, 0) is 19.2 Å². The van der Waals surface area contributed by atoms with Crippen LogP contribution in [0.2, 0.25) is 0 Å².